The Morgan fingerprint density at radius 3 is 2.76 bits per heavy atom. The van der Waals surface area contributed by atoms with E-state index in [0.29, 0.717) is 17.9 Å². The Kier molecular flexibility index (Phi) is 2.99. The van der Waals surface area contributed by atoms with Crippen LogP contribution in [-0.2, 0) is 13.6 Å². The van der Waals surface area contributed by atoms with Crippen LogP contribution in [0.3, 0.4) is 0 Å². The van der Waals surface area contributed by atoms with Crippen molar-refractivity contribution >= 4 is 11.4 Å². The molecule has 2 aromatic rings. The average molecular weight is 234 g/mol. The van der Waals surface area contributed by atoms with E-state index < -0.39 is 0 Å². The monoisotopic (exact) mass is 234 g/mol. The smallest absolute Gasteiger partial charge is 0.127 e. The third-order valence-corrected chi connectivity index (χ3v) is 2.52. The van der Waals surface area contributed by atoms with E-state index >= 15 is 0 Å². The lowest BCUT2D eigenvalue weighted by atomic mass is 10.2. The van der Waals surface area contributed by atoms with Crippen molar-refractivity contribution in [1.29, 1.82) is 0 Å². The number of nitrogens with one attached hydrogen (secondary N) is 1. The summed E-state index contributed by atoms with van der Waals surface area (Å²) in [6.07, 6.45) is 1.94. The third-order valence-electron chi connectivity index (χ3n) is 2.52. The van der Waals surface area contributed by atoms with Crippen molar-refractivity contribution in [2.45, 2.75) is 13.5 Å². The first kappa shape index (κ1) is 11.4. The van der Waals surface area contributed by atoms with Crippen molar-refractivity contribution in [3.8, 4) is 0 Å². The Morgan fingerprint density at radius 1 is 1.41 bits per heavy atom. The zero-order chi connectivity index (χ0) is 12.4. The quantitative estimate of drug-likeness (QED) is 0.799. The van der Waals surface area contributed by atoms with Crippen molar-refractivity contribution < 1.29 is 4.39 Å². The van der Waals surface area contributed by atoms with E-state index in [2.05, 4.69) is 10.4 Å². The molecule has 90 valence electrons. The van der Waals surface area contributed by atoms with Crippen molar-refractivity contribution in [2.75, 3.05) is 11.1 Å². The highest BCUT2D eigenvalue weighted by Crippen LogP contribution is 2.16. The molecular formula is C12H15FN4. The van der Waals surface area contributed by atoms with Gasteiger partial charge in [0.25, 0.3) is 0 Å². The lowest BCUT2D eigenvalue weighted by Crippen LogP contribution is -2.01. The molecule has 0 aliphatic carbocycles. The Hall–Kier alpha value is -2.04. The van der Waals surface area contributed by atoms with E-state index in [1.54, 1.807) is 10.7 Å². The summed E-state index contributed by atoms with van der Waals surface area (Å²) < 4.78 is 14.9. The minimum atomic E-state index is -0.338. The summed E-state index contributed by atoms with van der Waals surface area (Å²) in [5, 5.41) is 7.36. The molecule has 5 heteroatoms. The van der Waals surface area contributed by atoms with Crippen molar-refractivity contribution in [3.63, 3.8) is 0 Å². The molecule has 0 saturated carbocycles. The zero-order valence-electron chi connectivity index (χ0n) is 9.87. The van der Waals surface area contributed by atoms with Gasteiger partial charge >= 0.3 is 0 Å². The SMILES string of the molecule is Cc1nn(C)cc1CNc1cc(N)cc(F)c1. The molecule has 0 atom stereocenters. The number of halogens is 1. The second-order valence-electron chi connectivity index (χ2n) is 4.04. The maximum Gasteiger partial charge on any atom is 0.127 e. The fraction of sp³-hybridized carbons (Fsp3) is 0.250. The van der Waals surface area contributed by atoms with Crippen LogP contribution in [0.4, 0.5) is 15.8 Å². The summed E-state index contributed by atoms with van der Waals surface area (Å²) in [7, 11) is 1.87. The van der Waals surface area contributed by atoms with E-state index in [1.165, 1.54) is 12.1 Å². The van der Waals surface area contributed by atoms with E-state index in [0.717, 1.165) is 11.3 Å². The predicted octanol–water partition coefficient (Wildman–Crippen LogP) is 2.06. The molecule has 0 unspecified atom stereocenters. The van der Waals surface area contributed by atoms with Crippen LogP contribution in [0.1, 0.15) is 11.3 Å². The molecule has 0 amide bonds. The molecule has 3 N–H and O–H groups in total. The predicted molar refractivity (Wildman–Crippen MR) is 66.1 cm³/mol. The first-order valence-electron chi connectivity index (χ1n) is 5.33. The van der Waals surface area contributed by atoms with Crippen molar-refractivity contribution in [2.24, 2.45) is 7.05 Å². The summed E-state index contributed by atoms with van der Waals surface area (Å²) >= 11 is 0. The minimum Gasteiger partial charge on any atom is -0.399 e. The van der Waals surface area contributed by atoms with E-state index in [4.69, 9.17) is 5.73 Å². The maximum absolute atomic E-state index is 13.1. The number of nitrogen functional groups attached to an aromatic ring is 1. The Morgan fingerprint density at radius 2 is 2.18 bits per heavy atom. The molecule has 0 aliphatic rings. The number of nitrogens with zero attached hydrogens (tertiary/aromatic N) is 2. The lowest BCUT2D eigenvalue weighted by molar-refractivity contribution is 0.629. The molecule has 0 fully saturated rings. The molecule has 0 spiro atoms. The molecule has 1 aromatic carbocycles. The van der Waals surface area contributed by atoms with Crippen LogP contribution in [0.15, 0.2) is 24.4 Å². The Bertz CT molecular complexity index is 513. The van der Waals surface area contributed by atoms with Gasteiger partial charge < -0.3 is 11.1 Å². The molecule has 4 nitrogen and oxygen atoms in total. The van der Waals surface area contributed by atoms with Crippen molar-refractivity contribution in [1.82, 2.24) is 9.78 Å². The van der Waals surface area contributed by atoms with E-state index in [9.17, 15) is 4.39 Å². The molecule has 1 aromatic heterocycles. The number of anilines is 2. The van der Waals surface area contributed by atoms with Gasteiger partial charge in [0, 0.05) is 36.7 Å². The highest BCUT2D eigenvalue weighted by atomic mass is 19.1. The average Bonchev–Trinajstić information content (AvgIpc) is 2.53. The van der Waals surface area contributed by atoms with Gasteiger partial charge in [-0.2, -0.15) is 5.10 Å². The fourth-order valence-electron chi connectivity index (χ4n) is 1.73. The first-order valence-corrected chi connectivity index (χ1v) is 5.33. The fourth-order valence-corrected chi connectivity index (χ4v) is 1.73. The summed E-state index contributed by atoms with van der Waals surface area (Å²) in [6.45, 7) is 2.54. The largest absolute Gasteiger partial charge is 0.399 e. The van der Waals surface area contributed by atoms with Crippen LogP contribution in [0.25, 0.3) is 0 Å². The number of benzene rings is 1. The van der Waals surface area contributed by atoms with Gasteiger partial charge in [-0.1, -0.05) is 0 Å². The molecule has 2 rings (SSSR count). The number of hydrogen-bond donors (Lipinski definition) is 2. The van der Waals surface area contributed by atoms with Crippen LogP contribution in [0, 0.1) is 12.7 Å². The summed E-state index contributed by atoms with van der Waals surface area (Å²) in [5.74, 6) is -0.338. The Labute approximate surface area is 99.2 Å². The summed E-state index contributed by atoms with van der Waals surface area (Å²) in [6, 6.07) is 4.41. The van der Waals surface area contributed by atoms with Gasteiger partial charge in [-0.25, -0.2) is 4.39 Å². The first-order chi connectivity index (χ1) is 8.04. The number of hydrogen-bond acceptors (Lipinski definition) is 3. The molecule has 0 saturated heterocycles. The number of aromatic nitrogens is 2. The van der Waals surface area contributed by atoms with Gasteiger partial charge in [0.05, 0.1) is 5.69 Å². The van der Waals surface area contributed by atoms with Gasteiger partial charge in [-0.3, -0.25) is 4.68 Å². The molecule has 1 heterocycles. The summed E-state index contributed by atoms with van der Waals surface area (Å²) in [5.41, 5.74) is 8.69. The van der Waals surface area contributed by atoms with Gasteiger partial charge in [-0.05, 0) is 25.1 Å². The van der Waals surface area contributed by atoms with E-state index in [1.807, 2.05) is 20.2 Å². The molecule has 17 heavy (non-hydrogen) atoms. The molecule has 0 radical (unpaired) electrons. The highest BCUT2D eigenvalue weighted by Gasteiger charge is 2.03. The Balaban J connectivity index is 2.09. The maximum atomic E-state index is 13.1. The van der Waals surface area contributed by atoms with Gasteiger partial charge in [0.1, 0.15) is 5.82 Å². The van der Waals surface area contributed by atoms with Crippen LogP contribution in [-0.4, -0.2) is 9.78 Å². The van der Waals surface area contributed by atoms with Gasteiger partial charge in [0.2, 0.25) is 0 Å². The topological polar surface area (TPSA) is 55.9 Å². The summed E-state index contributed by atoms with van der Waals surface area (Å²) in [4.78, 5) is 0. The molecular weight excluding hydrogens is 219 g/mol. The second-order valence-corrected chi connectivity index (χ2v) is 4.04. The number of aryl methyl sites for hydroxylation is 2. The van der Waals surface area contributed by atoms with E-state index in [-0.39, 0.29) is 5.82 Å². The van der Waals surface area contributed by atoms with Gasteiger partial charge in [0.15, 0.2) is 0 Å². The standard InChI is InChI=1S/C12H15FN4/c1-8-9(7-17(2)16-8)6-15-12-4-10(13)3-11(14)5-12/h3-5,7,15H,6,14H2,1-2H3. The van der Waals surface area contributed by atoms with Crippen molar-refractivity contribution in [3.05, 3.63) is 41.5 Å². The third kappa shape index (κ3) is 2.75. The normalized spacial score (nSPS) is 10.5. The molecule has 0 aliphatic heterocycles. The highest BCUT2D eigenvalue weighted by molar-refractivity contribution is 5.54. The van der Waals surface area contributed by atoms with Crippen LogP contribution in [0.5, 0.6) is 0 Å². The van der Waals surface area contributed by atoms with Gasteiger partial charge in [-0.15, -0.1) is 0 Å². The zero-order valence-corrected chi connectivity index (χ0v) is 9.87. The number of nitrogens with two attached hydrogens (primary N) is 1. The molecule has 0 bridgehead atoms. The van der Waals surface area contributed by atoms with Crippen LogP contribution >= 0.6 is 0 Å². The van der Waals surface area contributed by atoms with Crippen LogP contribution in [0.2, 0.25) is 0 Å². The number of rotatable bonds is 3. The lowest BCUT2D eigenvalue weighted by Gasteiger charge is -2.06. The van der Waals surface area contributed by atoms with Crippen LogP contribution < -0.4 is 11.1 Å². The second kappa shape index (κ2) is 4.45. The minimum absolute atomic E-state index is 0.338.